The summed E-state index contributed by atoms with van der Waals surface area (Å²) >= 11 is 0. The Labute approximate surface area is 123 Å². The van der Waals surface area contributed by atoms with Crippen LogP contribution in [0.25, 0.3) is 5.57 Å². The molecule has 0 aliphatic heterocycles. The van der Waals surface area contributed by atoms with Crippen LogP contribution in [0.5, 0.6) is 0 Å². The van der Waals surface area contributed by atoms with Gasteiger partial charge in [-0.25, -0.2) is 0 Å². The summed E-state index contributed by atoms with van der Waals surface area (Å²) in [4.78, 5) is 0. The van der Waals surface area contributed by atoms with Crippen molar-refractivity contribution in [3.05, 3.63) is 46.7 Å². The summed E-state index contributed by atoms with van der Waals surface area (Å²) in [6.45, 7) is 4.38. The molecule has 2 rings (SSSR count). The maximum Gasteiger partial charge on any atom is 0.0823 e. The van der Waals surface area contributed by atoms with Gasteiger partial charge in [-0.05, 0) is 50.2 Å². The molecule has 1 aliphatic rings. The lowest BCUT2D eigenvalue weighted by Gasteiger charge is -2.19. The van der Waals surface area contributed by atoms with E-state index in [9.17, 15) is 5.11 Å². The van der Waals surface area contributed by atoms with Gasteiger partial charge < -0.3 is 5.11 Å². The molecule has 0 heterocycles. The van der Waals surface area contributed by atoms with Gasteiger partial charge in [0.2, 0.25) is 0 Å². The summed E-state index contributed by atoms with van der Waals surface area (Å²) in [5, 5.41) is 10.1. The molecule has 1 fully saturated rings. The third kappa shape index (κ3) is 3.85. The van der Waals surface area contributed by atoms with Crippen LogP contribution in [0.15, 0.2) is 35.6 Å². The molecule has 1 N–H and O–H groups in total. The van der Waals surface area contributed by atoms with Crippen LogP contribution in [-0.4, -0.2) is 11.2 Å². The smallest absolute Gasteiger partial charge is 0.0823 e. The van der Waals surface area contributed by atoms with Gasteiger partial charge >= 0.3 is 0 Å². The summed E-state index contributed by atoms with van der Waals surface area (Å²) < 4.78 is 0. The number of aliphatic hydroxyl groups is 1. The number of unbranched alkanes of at least 4 members (excludes halogenated alkanes) is 1. The molecular formula is C19H26O. The molecule has 0 aromatic heterocycles. The fourth-order valence-corrected chi connectivity index (χ4v) is 2.86. The highest BCUT2D eigenvalue weighted by Gasteiger charge is 2.16. The van der Waals surface area contributed by atoms with Gasteiger partial charge in [0.25, 0.3) is 0 Å². The number of hydrogen-bond acceptors (Lipinski definition) is 1. The first-order valence-electron chi connectivity index (χ1n) is 7.95. The van der Waals surface area contributed by atoms with Gasteiger partial charge in [-0.1, -0.05) is 44.0 Å². The molecule has 0 radical (unpaired) electrons. The largest absolute Gasteiger partial charge is 0.388 e. The molecule has 1 saturated carbocycles. The highest BCUT2D eigenvalue weighted by Crippen LogP contribution is 2.27. The number of aryl methyl sites for hydroxylation is 1. The number of rotatable bonds is 4. The Hall–Kier alpha value is -1.30. The van der Waals surface area contributed by atoms with Gasteiger partial charge in [0.05, 0.1) is 6.10 Å². The van der Waals surface area contributed by atoms with Crippen molar-refractivity contribution in [1.29, 1.82) is 0 Å². The van der Waals surface area contributed by atoms with E-state index >= 15 is 0 Å². The Balaban J connectivity index is 2.41. The van der Waals surface area contributed by atoms with Crippen molar-refractivity contribution < 1.29 is 5.11 Å². The minimum absolute atomic E-state index is 0.274. The van der Waals surface area contributed by atoms with Crippen molar-refractivity contribution in [2.24, 2.45) is 0 Å². The average Bonchev–Trinajstić information content (AvgIpc) is 2.46. The number of benzene rings is 1. The predicted octanol–water partition coefficient (Wildman–Crippen LogP) is 5.03. The van der Waals surface area contributed by atoms with Crippen molar-refractivity contribution >= 4 is 5.57 Å². The average molecular weight is 270 g/mol. The van der Waals surface area contributed by atoms with E-state index < -0.39 is 0 Å². The van der Waals surface area contributed by atoms with Crippen LogP contribution in [0.1, 0.15) is 63.0 Å². The zero-order valence-corrected chi connectivity index (χ0v) is 12.8. The lowest BCUT2D eigenvalue weighted by Crippen LogP contribution is -2.14. The quantitative estimate of drug-likeness (QED) is 0.761. The highest BCUT2D eigenvalue weighted by molar-refractivity contribution is 5.68. The second-order valence-electron chi connectivity index (χ2n) is 5.81. The van der Waals surface area contributed by atoms with Gasteiger partial charge in [0.1, 0.15) is 0 Å². The van der Waals surface area contributed by atoms with E-state index in [2.05, 4.69) is 43.8 Å². The summed E-state index contributed by atoms with van der Waals surface area (Å²) in [6.07, 6.45) is 7.38. The first-order valence-corrected chi connectivity index (χ1v) is 7.95. The molecule has 1 aromatic carbocycles. The summed E-state index contributed by atoms with van der Waals surface area (Å²) in [6, 6.07) is 8.52. The molecule has 20 heavy (non-hydrogen) atoms. The van der Waals surface area contributed by atoms with Gasteiger partial charge in [-0.2, -0.15) is 0 Å². The van der Waals surface area contributed by atoms with E-state index in [4.69, 9.17) is 0 Å². The molecule has 0 unspecified atom stereocenters. The lowest BCUT2D eigenvalue weighted by molar-refractivity contribution is 0.179. The zero-order valence-electron chi connectivity index (χ0n) is 12.8. The summed E-state index contributed by atoms with van der Waals surface area (Å²) in [5.74, 6) is 0. The minimum atomic E-state index is -0.274. The van der Waals surface area contributed by atoms with Crippen molar-refractivity contribution in [2.45, 2.75) is 64.9 Å². The molecule has 0 bridgehead atoms. The van der Waals surface area contributed by atoms with E-state index in [1.54, 1.807) is 0 Å². The fourth-order valence-electron chi connectivity index (χ4n) is 2.86. The normalized spacial score (nSPS) is 18.8. The molecule has 1 atom stereocenters. The second-order valence-corrected chi connectivity index (χ2v) is 5.81. The van der Waals surface area contributed by atoms with E-state index in [-0.39, 0.29) is 6.10 Å². The molecule has 1 nitrogen and oxygen atoms in total. The number of hydrogen-bond donors (Lipinski definition) is 1. The summed E-state index contributed by atoms with van der Waals surface area (Å²) in [5.41, 5.74) is 8.58. The van der Waals surface area contributed by atoms with Gasteiger partial charge in [-0.3, -0.25) is 0 Å². The van der Waals surface area contributed by atoms with Crippen LogP contribution in [0, 0.1) is 6.92 Å². The standard InChI is InChI=1S/C19H26O/c1-3-4-10-16(18-12-7-5-9-15(18)2)14-17-11-6-8-13-19(17)20/h5,7,9,12,19-20H,3-4,6,8,10-11,13H2,1-2H3/t14?,19-/m1/s1. The van der Waals surface area contributed by atoms with Crippen LogP contribution >= 0.6 is 0 Å². The van der Waals surface area contributed by atoms with Crippen molar-refractivity contribution in [3.8, 4) is 0 Å². The summed E-state index contributed by atoms with van der Waals surface area (Å²) in [7, 11) is 0. The van der Waals surface area contributed by atoms with Gasteiger partial charge in [0.15, 0.2) is 0 Å². The Morgan fingerprint density at radius 1 is 1.30 bits per heavy atom. The van der Waals surface area contributed by atoms with Gasteiger partial charge in [-0.15, -0.1) is 5.73 Å². The first-order chi connectivity index (χ1) is 9.72. The zero-order chi connectivity index (χ0) is 14.4. The Bertz CT molecular complexity index is 506. The van der Waals surface area contributed by atoms with Crippen LogP contribution in [0.3, 0.4) is 0 Å². The van der Waals surface area contributed by atoms with E-state index in [1.807, 2.05) is 0 Å². The van der Waals surface area contributed by atoms with Crippen molar-refractivity contribution in [2.75, 3.05) is 0 Å². The van der Waals surface area contributed by atoms with E-state index in [1.165, 1.54) is 36.0 Å². The molecule has 1 heteroatoms. The second kappa shape index (κ2) is 7.47. The predicted molar refractivity (Wildman–Crippen MR) is 85.6 cm³/mol. The monoisotopic (exact) mass is 270 g/mol. The minimum Gasteiger partial charge on any atom is -0.388 e. The Kier molecular flexibility index (Phi) is 5.64. The molecule has 1 aromatic rings. The third-order valence-corrected chi connectivity index (χ3v) is 4.14. The first kappa shape index (κ1) is 15.1. The molecular weight excluding hydrogens is 244 g/mol. The highest BCUT2D eigenvalue weighted by atomic mass is 16.3. The number of aliphatic hydroxyl groups excluding tert-OH is 1. The maximum atomic E-state index is 10.1. The van der Waals surface area contributed by atoms with E-state index in [0.29, 0.717) is 0 Å². The van der Waals surface area contributed by atoms with Crippen molar-refractivity contribution in [1.82, 2.24) is 0 Å². The van der Waals surface area contributed by atoms with Crippen LogP contribution in [-0.2, 0) is 0 Å². The molecule has 1 aliphatic carbocycles. The molecule has 0 saturated heterocycles. The Morgan fingerprint density at radius 3 is 2.80 bits per heavy atom. The van der Waals surface area contributed by atoms with Crippen LogP contribution in [0.2, 0.25) is 0 Å². The third-order valence-electron chi connectivity index (χ3n) is 4.14. The van der Waals surface area contributed by atoms with Crippen LogP contribution < -0.4 is 0 Å². The van der Waals surface area contributed by atoms with Gasteiger partial charge in [0, 0.05) is 11.1 Å². The maximum absolute atomic E-state index is 10.1. The Morgan fingerprint density at radius 2 is 2.10 bits per heavy atom. The SMILES string of the molecule is CCCCC(=C=C1CCCC[C@H]1O)c1ccccc1C. The molecule has 0 spiro atoms. The van der Waals surface area contributed by atoms with Crippen molar-refractivity contribution in [3.63, 3.8) is 0 Å². The van der Waals surface area contributed by atoms with E-state index in [0.717, 1.165) is 31.3 Å². The van der Waals surface area contributed by atoms with Crippen LogP contribution in [0.4, 0.5) is 0 Å². The topological polar surface area (TPSA) is 20.2 Å². The molecule has 108 valence electrons. The lowest BCUT2D eigenvalue weighted by atomic mass is 9.90. The fraction of sp³-hybridized carbons (Fsp3) is 0.526. The molecule has 0 amide bonds.